The highest BCUT2D eigenvalue weighted by Gasteiger charge is 2.10. The number of aromatic nitrogens is 3. The van der Waals surface area contributed by atoms with Gasteiger partial charge in [0.25, 0.3) is 0 Å². The Morgan fingerprint density at radius 2 is 2.08 bits per heavy atom. The molecule has 0 unspecified atom stereocenters. The van der Waals surface area contributed by atoms with Crippen LogP contribution in [0.25, 0.3) is 5.69 Å². The quantitative estimate of drug-likeness (QED) is 0.699. The molecule has 3 rings (SSSR count). The molecule has 7 heteroatoms. The SMILES string of the molecule is COc1cccc(-n2ccnc2SCC(=O)Nc2ccncc2)c1. The zero-order chi connectivity index (χ0) is 16.8. The summed E-state index contributed by atoms with van der Waals surface area (Å²) in [7, 11) is 1.63. The molecule has 2 aromatic heterocycles. The van der Waals surface area contributed by atoms with Crippen LogP contribution in [0.4, 0.5) is 5.69 Å². The first kappa shape index (κ1) is 16.1. The van der Waals surface area contributed by atoms with Gasteiger partial charge in [0.1, 0.15) is 5.75 Å². The summed E-state index contributed by atoms with van der Waals surface area (Å²) < 4.78 is 7.17. The van der Waals surface area contributed by atoms with Crippen LogP contribution in [0.5, 0.6) is 5.75 Å². The van der Waals surface area contributed by atoms with Gasteiger partial charge in [0, 0.05) is 36.5 Å². The second-order valence-corrected chi connectivity index (χ2v) is 5.80. The Morgan fingerprint density at radius 1 is 1.25 bits per heavy atom. The van der Waals surface area contributed by atoms with Gasteiger partial charge in [0.05, 0.1) is 18.6 Å². The average Bonchev–Trinajstić information content (AvgIpc) is 3.09. The number of carbonyl (C=O) groups excluding carboxylic acids is 1. The molecule has 1 aromatic carbocycles. The van der Waals surface area contributed by atoms with Crippen LogP contribution in [0.1, 0.15) is 0 Å². The minimum absolute atomic E-state index is 0.0913. The standard InChI is InChI=1S/C17H16N4O2S/c1-23-15-4-2-3-14(11-15)21-10-9-19-17(21)24-12-16(22)20-13-5-7-18-8-6-13/h2-11H,12H2,1H3,(H,18,20,22). The predicted octanol–water partition coefficient (Wildman–Crippen LogP) is 3.01. The van der Waals surface area contributed by atoms with Crippen molar-refractivity contribution in [1.82, 2.24) is 14.5 Å². The van der Waals surface area contributed by atoms with E-state index >= 15 is 0 Å². The number of hydrogen-bond acceptors (Lipinski definition) is 5. The van der Waals surface area contributed by atoms with Gasteiger partial charge in [0.2, 0.25) is 5.91 Å². The molecule has 0 aliphatic carbocycles. The summed E-state index contributed by atoms with van der Waals surface area (Å²) in [6, 6.07) is 11.2. The van der Waals surface area contributed by atoms with E-state index in [9.17, 15) is 4.79 Å². The van der Waals surface area contributed by atoms with Crippen LogP contribution in [0.3, 0.4) is 0 Å². The molecule has 0 aliphatic rings. The highest BCUT2D eigenvalue weighted by atomic mass is 32.2. The van der Waals surface area contributed by atoms with Gasteiger partial charge in [-0.25, -0.2) is 4.98 Å². The van der Waals surface area contributed by atoms with Gasteiger partial charge in [-0.1, -0.05) is 17.8 Å². The number of thioether (sulfide) groups is 1. The maximum absolute atomic E-state index is 12.0. The average molecular weight is 340 g/mol. The first-order valence-corrected chi connectivity index (χ1v) is 8.25. The topological polar surface area (TPSA) is 69.0 Å². The van der Waals surface area contributed by atoms with Crippen molar-refractivity contribution in [3.8, 4) is 11.4 Å². The second-order valence-electron chi connectivity index (χ2n) is 4.85. The Labute approximate surface area is 143 Å². The number of amides is 1. The number of benzene rings is 1. The molecule has 0 radical (unpaired) electrons. The smallest absolute Gasteiger partial charge is 0.234 e. The van der Waals surface area contributed by atoms with Gasteiger partial charge in [-0.05, 0) is 24.3 Å². The van der Waals surface area contributed by atoms with E-state index < -0.39 is 0 Å². The van der Waals surface area contributed by atoms with Gasteiger partial charge < -0.3 is 10.1 Å². The molecule has 1 amide bonds. The summed E-state index contributed by atoms with van der Waals surface area (Å²) in [5, 5.41) is 3.57. The Balaban J connectivity index is 1.66. The molecule has 0 bridgehead atoms. The van der Waals surface area contributed by atoms with Gasteiger partial charge in [-0.2, -0.15) is 0 Å². The lowest BCUT2D eigenvalue weighted by atomic mass is 10.3. The van der Waals surface area contributed by atoms with E-state index in [1.54, 1.807) is 37.8 Å². The van der Waals surface area contributed by atoms with Gasteiger partial charge in [0.15, 0.2) is 5.16 Å². The fourth-order valence-electron chi connectivity index (χ4n) is 2.12. The molecular formula is C17H16N4O2S. The highest BCUT2D eigenvalue weighted by molar-refractivity contribution is 7.99. The fourth-order valence-corrected chi connectivity index (χ4v) is 2.89. The lowest BCUT2D eigenvalue weighted by Crippen LogP contribution is -2.14. The zero-order valence-electron chi connectivity index (χ0n) is 13.0. The largest absolute Gasteiger partial charge is 0.497 e. The molecular weight excluding hydrogens is 324 g/mol. The number of carbonyl (C=O) groups is 1. The van der Waals surface area contributed by atoms with Crippen molar-refractivity contribution in [2.24, 2.45) is 0 Å². The number of nitrogens with zero attached hydrogens (tertiary/aromatic N) is 3. The number of anilines is 1. The van der Waals surface area contributed by atoms with Gasteiger partial charge in [-0.3, -0.25) is 14.3 Å². The Bertz CT molecular complexity index is 820. The van der Waals surface area contributed by atoms with E-state index in [4.69, 9.17) is 4.74 Å². The van der Waals surface area contributed by atoms with E-state index in [-0.39, 0.29) is 11.7 Å². The maximum atomic E-state index is 12.0. The van der Waals surface area contributed by atoms with E-state index in [0.717, 1.165) is 22.3 Å². The van der Waals surface area contributed by atoms with E-state index in [0.29, 0.717) is 0 Å². The summed E-state index contributed by atoms with van der Waals surface area (Å²) in [5.41, 5.74) is 1.66. The lowest BCUT2D eigenvalue weighted by Gasteiger charge is -2.09. The molecule has 0 spiro atoms. The summed E-state index contributed by atoms with van der Waals surface area (Å²) >= 11 is 1.37. The van der Waals surface area contributed by atoms with Crippen LogP contribution < -0.4 is 10.1 Å². The molecule has 2 heterocycles. The third-order valence-corrected chi connectivity index (χ3v) is 4.20. The summed E-state index contributed by atoms with van der Waals surface area (Å²) in [6.45, 7) is 0. The monoisotopic (exact) mass is 340 g/mol. The number of methoxy groups -OCH3 is 1. The number of hydrogen-bond donors (Lipinski definition) is 1. The molecule has 122 valence electrons. The second kappa shape index (κ2) is 7.65. The predicted molar refractivity (Wildman–Crippen MR) is 93.7 cm³/mol. The van der Waals surface area contributed by atoms with Crippen LogP contribution in [0.2, 0.25) is 0 Å². The summed E-state index contributed by atoms with van der Waals surface area (Å²) in [4.78, 5) is 20.3. The number of nitrogens with one attached hydrogen (secondary N) is 1. The van der Waals surface area contributed by atoms with E-state index in [2.05, 4.69) is 15.3 Å². The normalized spacial score (nSPS) is 10.4. The first-order chi connectivity index (χ1) is 11.8. The molecule has 6 nitrogen and oxygen atoms in total. The van der Waals surface area contributed by atoms with Crippen molar-refractivity contribution in [3.63, 3.8) is 0 Å². The third kappa shape index (κ3) is 3.94. The van der Waals surface area contributed by atoms with Gasteiger partial charge in [-0.15, -0.1) is 0 Å². The van der Waals surface area contributed by atoms with Crippen LogP contribution in [-0.4, -0.2) is 33.3 Å². The van der Waals surface area contributed by atoms with Crippen LogP contribution in [0.15, 0.2) is 66.3 Å². The molecule has 0 aliphatic heterocycles. The van der Waals surface area contributed by atoms with Crippen molar-refractivity contribution < 1.29 is 9.53 Å². The maximum Gasteiger partial charge on any atom is 0.234 e. The van der Waals surface area contributed by atoms with Crippen molar-refractivity contribution in [1.29, 1.82) is 0 Å². The molecule has 0 fully saturated rings. The van der Waals surface area contributed by atoms with E-state index in [1.807, 2.05) is 35.0 Å². The van der Waals surface area contributed by atoms with Crippen LogP contribution >= 0.6 is 11.8 Å². The van der Waals surface area contributed by atoms with Crippen molar-refractivity contribution in [3.05, 3.63) is 61.2 Å². The minimum Gasteiger partial charge on any atom is -0.497 e. The number of ether oxygens (including phenoxy) is 1. The molecule has 3 aromatic rings. The third-order valence-electron chi connectivity index (χ3n) is 3.23. The Hall–Kier alpha value is -2.80. The molecule has 24 heavy (non-hydrogen) atoms. The molecule has 0 saturated heterocycles. The molecule has 0 atom stereocenters. The molecule has 0 saturated carbocycles. The van der Waals surface area contributed by atoms with Crippen LogP contribution in [0, 0.1) is 0 Å². The number of rotatable bonds is 6. The minimum atomic E-state index is -0.0913. The summed E-state index contributed by atoms with van der Waals surface area (Å²) in [6.07, 6.45) is 6.84. The van der Waals surface area contributed by atoms with Crippen molar-refractivity contribution in [2.75, 3.05) is 18.2 Å². The fraction of sp³-hybridized carbons (Fsp3) is 0.118. The Kier molecular flexibility index (Phi) is 5.12. The molecule has 1 N–H and O–H groups in total. The summed E-state index contributed by atoms with van der Waals surface area (Å²) in [5.74, 6) is 0.947. The Morgan fingerprint density at radius 3 is 2.88 bits per heavy atom. The highest BCUT2D eigenvalue weighted by Crippen LogP contribution is 2.23. The lowest BCUT2D eigenvalue weighted by molar-refractivity contribution is -0.113. The van der Waals surface area contributed by atoms with E-state index in [1.165, 1.54) is 11.8 Å². The van der Waals surface area contributed by atoms with Crippen LogP contribution in [-0.2, 0) is 4.79 Å². The van der Waals surface area contributed by atoms with Gasteiger partial charge >= 0.3 is 0 Å². The van der Waals surface area contributed by atoms with Crippen molar-refractivity contribution >= 4 is 23.4 Å². The number of imidazole rings is 1. The van der Waals surface area contributed by atoms with Crippen molar-refractivity contribution in [2.45, 2.75) is 5.16 Å². The number of pyridine rings is 1. The first-order valence-electron chi connectivity index (χ1n) is 7.27. The zero-order valence-corrected chi connectivity index (χ0v) is 13.9.